The fourth-order valence-electron chi connectivity index (χ4n) is 4.37. The van der Waals surface area contributed by atoms with Crippen LogP contribution in [0.1, 0.15) is 40.5 Å². The smallest absolute Gasteiger partial charge is 0.0790 e. The van der Waals surface area contributed by atoms with E-state index >= 15 is 0 Å². The van der Waals surface area contributed by atoms with Gasteiger partial charge in [0.25, 0.3) is 0 Å². The molecule has 1 heteroatoms. The lowest BCUT2D eigenvalue weighted by Gasteiger charge is -2.43. The average molecular weight is 220 g/mol. The molecule has 2 fully saturated rings. The summed E-state index contributed by atoms with van der Waals surface area (Å²) in [5.41, 5.74) is 1.50. The van der Waals surface area contributed by atoms with Crippen LogP contribution in [0, 0.1) is 29.6 Å². The number of rotatable bonds is 1. The molecule has 1 nitrogen and oxygen atoms in total. The standard InChI is InChI=1S/C15H24O/c1-8(2)11-6-10(4)15-13-7-14(16-15)9(3)5-12(11)13/h5,8,10-15H,6-7H2,1-4H3. The van der Waals surface area contributed by atoms with E-state index in [1.54, 1.807) is 0 Å². The summed E-state index contributed by atoms with van der Waals surface area (Å²) in [4.78, 5) is 0. The van der Waals surface area contributed by atoms with Crippen LogP contribution in [0.2, 0.25) is 0 Å². The molecule has 90 valence electrons. The molecule has 6 atom stereocenters. The Morgan fingerprint density at radius 1 is 1.31 bits per heavy atom. The molecule has 6 unspecified atom stereocenters. The summed E-state index contributed by atoms with van der Waals surface area (Å²) >= 11 is 0. The average Bonchev–Trinajstić information content (AvgIpc) is 2.62. The van der Waals surface area contributed by atoms with Gasteiger partial charge in [0.05, 0.1) is 12.2 Å². The van der Waals surface area contributed by atoms with Crippen LogP contribution in [0.5, 0.6) is 0 Å². The van der Waals surface area contributed by atoms with Gasteiger partial charge < -0.3 is 4.74 Å². The van der Waals surface area contributed by atoms with Gasteiger partial charge in [0.15, 0.2) is 0 Å². The number of hydrogen-bond acceptors (Lipinski definition) is 1. The van der Waals surface area contributed by atoms with Crippen molar-refractivity contribution in [1.82, 2.24) is 0 Å². The maximum Gasteiger partial charge on any atom is 0.0790 e. The lowest BCUT2D eigenvalue weighted by Crippen LogP contribution is -2.41. The predicted octanol–water partition coefficient (Wildman–Crippen LogP) is 3.65. The van der Waals surface area contributed by atoms with Gasteiger partial charge in [-0.05, 0) is 54.9 Å². The summed E-state index contributed by atoms with van der Waals surface area (Å²) in [6, 6.07) is 0. The minimum Gasteiger partial charge on any atom is -0.370 e. The highest BCUT2D eigenvalue weighted by Gasteiger charge is 2.51. The van der Waals surface area contributed by atoms with Gasteiger partial charge in [-0.15, -0.1) is 0 Å². The zero-order valence-electron chi connectivity index (χ0n) is 10.9. The fourth-order valence-corrected chi connectivity index (χ4v) is 4.37. The van der Waals surface area contributed by atoms with Crippen LogP contribution in [-0.4, -0.2) is 12.2 Å². The highest BCUT2D eigenvalue weighted by molar-refractivity contribution is 5.20. The zero-order valence-corrected chi connectivity index (χ0v) is 10.9. The molecule has 2 aliphatic carbocycles. The van der Waals surface area contributed by atoms with Crippen molar-refractivity contribution in [3.05, 3.63) is 11.6 Å². The van der Waals surface area contributed by atoms with E-state index in [-0.39, 0.29) is 0 Å². The Morgan fingerprint density at radius 2 is 2.06 bits per heavy atom. The zero-order chi connectivity index (χ0) is 11.4. The number of ether oxygens (including phenoxy) is 1. The Labute approximate surface area is 99.3 Å². The summed E-state index contributed by atoms with van der Waals surface area (Å²) in [7, 11) is 0. The Hall–Kier alpha value is -0.300. The largest absolute Gasteiger partial charge is 0.370 e. The van der Waals surface area contributed by atoms with Gasteiger partial charge in [0.1, 0.15) is 0 Å². The molecular weight excluding hydrogens is 196 g/mol. The molecule has 1 saturated carbocycles. The minimum atomic E-state index is 0.458. The normalized spacial score (nSPS) is 50.7. The highest BCUT2D eigenvalue weighted by atomic mass is 16.5. The molecule has 0 N–H and O–H groups in total. The number of allylic oxidation sites excluding steroid dienone is 1. The van der Waals surface area contributed by atoms with Gasteiger partial charge in [0.2, 0.25) is 0 Å². The molecule has 0 radical (unpaired) electrons. The van der Waals surface area contributed by atoms with Crippen molar-refractivity contribution in [2.45, 2.75) is 52.7 Å². The van der Waals surface area contributed by atoms with Crippen LogP contribution in [-0.2, 0) is 4.74 Å². The SMILES string of the molecule is CC1=CC2C(C(C)C)CC(C)C3OC1CC23. The lowest BCUT2D eigenvalue weighted by molar-refractivity contribution is -0.0266. The molecule has 0 aromatic carbocycles. The van der Waals surface area contributed by atoms with Gasteiger partial charge in [0, 0.05) is 0 Å². The van der Waals surface area contributed by atoms with Gasteiger partial charge in [-0.3, -0.25) is 0 Å². The number of fused-ring (bicyclic) bond motifs is 1. The molecule has 0 aromatic rings. The van der Waals surface area contributed by atoms with Crippen LogP contribution < -0.4 is 0 Å². The summed E-state index contributed by atoms with van der Waals surface area (Å²) in [5, 5.41) is 0. The third kappa shape index (κ3) is 1.40. The second-order valence-corrected chi connectivity index (χ2v) is 6.60. The van der Waals surface area contributed by atoms with E-state index < -0.39 is 0 Å². The van der Waals surface area contributed by atoms with Crippen LogP contribution in [0.15, 0.2) is 11.6 Å². The molecule has 2 bridgehead atoms. The summed E-state index contributed by atoms with van der Waals surface area (Å²) in [5.74, 6) is 4.09. The van der Waals surface area contributed by atoms with Crippen molar-refractivity contribution in [2.75, 3.05) is 0 Å². The first-order valence-electron chi connectivity index (χ1n) is 6.91. The van der Waals surface area contributed by atoms with Crippen LogP contribution >= 0.6 is 0 Å². The number of hydrogen-bond donors (Lipinski definition) is 0. The first-order valence-corrected chi connectivity index (χ1v) is 6.91. The van der Waals surface area contributed by atoms with Crippen molar-refractivity contribution in [3.63, 3.8) is 0 Å². The minimum absolute atomic E-state index is 0.458. The quantitative estimate of drug-likeness (QED) is 0.613. The fraction of sp³-hybridized carbons (Fsp3) is 0.867. The Bertz CT molecular complexity index is 317. The molecule has 3 rings (SSSR count). The van der Waals surface area contributed by atoms with Crippen molar-refractivity contribution in [1.29, 1.82) is 0 Å². The van der Waals surface area contributed by atoms with Gasteiger partial charge in [-0.2, -0.15) is 0 Å². The Kier molecular flexibility index (Phi) is 2.43. The molecule has 3 aliphatic rings. The second kappa shape index (κ2) is 3.60. The molecule has 0 aromatic heterocycles. The highest BCUT2D eigenvalue weighted by Crippen LogP contribution is 2.53. The predicted molar refractivity (Wildman–Crippen MR) is 66.1 cm³/mol. The Balaban J connectivity index is 1.96. The van der Waals surface area contributed by atoms with E-state index in [0.29, 0.717) is 12.2 Å². The first-order chi connectivity index (χ1) is 7.58. The van der Waals surface area contributed by atoms with Crippen molar-refractivity contribution < 1.29 is 4.74 Å². The van der Waals surface area contributed by atoms with E-state index in [1.165, 1.54) is 18.4 Å². The monoisotopic (exact) mass is 220 g/mol. The molecule has 16 heavy (non-hydrogen) atoms. The summed E-state index contributed by atoms with van der Waals surface area (Å²) in [6.45, 7) is 9.45. The van der Waals surface area contributed by atoms with E-state index in [0.717, 1.165) is 29.6 Å². The topological polar surface area (TPSA) is 9.23 Å². The second-order valence-electron chi connectivity index (χ2n) is 6.60. The van der Waals surface area contributed by atoms with Crippen molar-refractivity contribution in [3.8, 4) is 0 Å². The summed E-state index contributed by atoms with van der Waals surface area (Å²) in [6.07, 6.45) is 6.22. The van der Waals surface area contributed by atoms with Crippen LogP contribution in [0.25, 0.3) is 0 Å². The maximum atomic E-state index is 6.24. The van der Waals surface area contributed by atoms with Gasteiger partial charge in [-0.1, -0.05) is 26.8 Å². The van der Waals surface area contributed by atoms with Crippen LogP contribution in [0.4, 0.5) is 0 Å². The molecule has 0 spiro atoms. The van der Waals surface area contributed by atoms with E-state index in [1.807, 2.05) is 0 Å². The van der Waals surface area contributed by atoms with E-state index in [9.17, 15) is 0 Å². The van der Waals surface area contributed by atoms with Gasteiger partial charge >= 0.3 is 0 Å². The Morgan fingerprint density at radius 3 is 2.75 bits per heavy atom. The third-order valence-electron chi connectivity index (χ3n) is 5.24. The molecule has 1 aliphatic heterocycles. The molecule has 0 amide bonds. The van der Waals surface area contributed by atoms with E-state index in [4.69, 9.17) is 4.74 Å². The van der Waals surface area contributed by atoms with E-state index in [2.05, 4.69) is 33.8 Å². The summed E-state index contributed by atoms with van der Waals surface area (Å²) < 4.78 is 6.24. The molecular formula is C15H24O. The van der Waals surface area contributed by atoms with Crippen LogP contribution in [0.3, 0.4) is 0 Å². The first kappa shape index (κ1) is 10.8. The molecule has 1 saturated heterocycles. The van der Waals surface area contributed by atoms with Gasteiger partial charge in [-0.25, -0.2) is 0 Å². The van der Waals surface area contributed by atoms with Crippen molar-refractivity contribution in [2.24, 2.45) is 29.6 Å². The van der Waals surface area contributed by atoms with Crippen molar-refractivity contribution >= 4 is 0 Å². The lowest BCUT2D eigenvalue weighted by atomic mass is 9.61. The third-order valence-corrected chi connectivity index (χ3v) is 5.24. The maximum absolute atomic E-state index is 6.24. The molecule has 1 heterocycles.